The Kier molecular flexibility index (Phi) is 7.10. The van der Waals surface area contributed by atoms with Gasteiger partial charge in [0.2, 0.25) is 0 Å². The average molecular weight is 322 g/mol. The molecule has 6 atom stereocenters. The zero-order valence-electron chi connectivity index (χ0n) is 12.4. The van der Waals surface area contributed by atoms with Gasteiger partial charge in [-0.15, -0.1) is 4.91 Å². The maximum Gasteiger partial charge on any atom is 0.335 e. The zero-order chi connectivity index (χ0) is 16.9. The monoisotopic (exact) mass is 322 g/mol. The third-order valence-corrected chi connectivity index (χ3v) is 3.24. The topological polar surface area (TPSA) is 149 Å². The van der Waals surface area contributed by atoms with Crippen molar-refractivity contribution in [3.8, 4) is 0 Å². The minimum absolute atomic E-state index is 0.111. The highest BCUT2D eigenvalue weighted by Gasteiger charge is 2.47. The first-order chi connectivity index (χ1) is 10.3. The van der Waals surface area contributed by atoms with E-state index in [2.05, 4.69) is 5.29 Å². The second-order valence-corrected chi connectivity index (χ2v) is 5.18. The molecule has 128 valence electrons. The molecule has 0 aromatic carbocycles. The summed E-state index contributed by atoms with van der Waals surface area (Å²) >= 11 is 0. The molecule has 10 nitrogen and oxygen atoms in total. The van der Waals surface area contributed by atoms with Crippen LogP contribution in [0.25, 0.3) is 0 Å². The maximum atomic E-state index is 11.0. The number of rotatable bonds is 8. The van der Waals surface area contributed by atoms with Gasteiger partial charge in [-0.05, 0) is 13.3 Å². The summed E-state index contributed by atoms with van der Waals surface area (Å²) in [4.78, 5) is 21.6. The van der Waals surface area contributed by atoms with Crippen LogP contribution in [0.3, 0.4) is 0 Å². The number of carboxylic acids is 1. The lowest BCUT2D eigenvalue weighted by Crippen LogP contribution is -2.61. The molecule has 1 saturated heterocycles. The fourth-order valence-corrected chi connectivity index (χ4v) is 2.16. The van der Waals surface area contributed by atoms with Crippen LogP contribution in [0, 0.1) is 4.91 Å². The molecule has 0 saturated carbocycles. The Balaban J connectivity index is 2.66. The number of hydrogen-bond donors (Lipinski definition) is 4. The standard InChI is InChI=1S/C12H22N2O8/c1-3-4-14(13-20)5-6(2)21-12-9(17)7(15)8(16)10(22-12)11(18)19/h6-10,12,15-17H,3-5H2,1-2H3,(H,18,19)/t6?,7-,8-,9+,10-,12+/m0/s1. The summed E-state index contributed by atoms with van der Waals surface area (Å²) in [6, 6.07) is 0. The summed E-state index contributed by atoms with van der Waals surface area (Å²) in [7, 11) is 0. The summed E-state index contributed by atoms with van der Waals surface area (Å²) in [5, 5.41) is 42.0. The highest BCUT2D eigenvalue weighted by Crippen LogP contribution is 2.23. The molecule has 4 N–H and O–H groups in total. The maximum absolute atomic E-state index is 11.0. The Morgan fingerprint density at radius 1 is 1.32 bits per heavy atom. The van der Waals surface area contributed by atoms with Crippen molar-refractivity contribution in [1.82, 2.24) is 5.01 Å². The molecule has 10 heteroatoms. The number of ether oxygens (including phenoxy) is 2. The second kappa shape index (κ2) is 8.34. The summed E-state index contributed by atoms with van der Waals surface area (Å²) in [6.07, 6.45) is -8.18. The first kappa shape index (κ1) is 18.7. The van der Waals surface area contributed by atoms with E-state index in [0.717, 1.165) is 0 Å². The molecule has 0 amide bonds. The highest BCUT2D eigenvalue weighted by molar-refractivity contribution is 5.73. The van der Waals surface area contributed by atoms with Gasteiger partial charge in [0.1, 0.15) is 18.3 Å². The van der Waals surface area contributed by atoms with Crippen LogP contribution in [-0.4, -0.2) is 81.3 Å². The number of aliphatic hydroxyl groups excluding tert-OH is 3. The number of carbonyl (C=O) groups is 1. The van der Waals surface area contributed by atoms with Gasteiger partial charge in [-0.3, -0.25) is 5.01 Å². The number of aliphatic hydroxyl groups is 3. The molecule has 1 heterocycles. The Hall–Kier alpha value is -1.33. The van der Waals surface area contributed by atoms with Gasteiger partial charge in [-0.2, -0.15) is 0 Å². The quantitative estimate of drug-likeness (QED) is 0.315. The first-order valence-electron chi connectivity index (χ1n) is 6.97. The van der Waals surface area contributed by atoms with Crippen LogP contribution in [0.5, 0.6) is 0 Å². The number of hydrogen-bond acceptors (Lipinski definition) is 8. The van der Waals surface area contributed by atoms with Gasteiger partial charge in [0, 0.05) is 6.54 Å². The van der Waals surface area contributed by atoms with Crippen LogP contribution in [0.2, 0.25) is 0 Å². The molecule has 0 aromatic rings. The Morgan fingerprint density at radius 3 is 2.45 bits per heavy atom. The molecule has 0 bridgehead atoms. The van der Waals surface area contributed by atoms with E-state index in [4.69, 9.17) is 14.6 Å². The fourth-order valence-electron chi connectivity index (χ4n) is 2.16. The molecule has 1 aliphatic rings. The van der Waals surface area contributed by atoms with Gasteiger partial charge in [0.25, 0.3) is 0 Å². The minimum Gasteiger partial charge on any atom is -0.479 e. The van der Waals surface area contributed by atoms with Crippen LogP contribution in [0.4, 0.5) is 0 Å². The predicted molar refractivity (Wildman–Crippen MR) is 72.5 cm³/mol. The molecule has 0 aromatic heterocycles. The van der Waals surface area contributed by atoms with Crippen molar-refractivity contribution in [2.75, 3.05) is 13.1 Å². The van der Waals surface area contributed by atoms with Gasteiger partial charge in [-0.1, -0.05) is 6.92 Å². The van der Waals surface area contributed by atoms with Gasteiger partial charge >= 0.3 is 5.97 Å². The number of nitrogens with zero attached hydrogens (tertiary/aromatic N) is 2. The smallest absolute Gasteiger partial charge is 0.335 e. The molecule has 1 rings (SSSR count). The molecule has 1 aliphatic heterocycles. The van der Waals surface area contributed by atoms with Crippen molar-refractivity contribution >= 4 is 5.97 Å². The van der Waals surface area contributed by atoms with E-state index in [1.54, 1.807) is 6.92 Å². The fraction of sp³-hybridized carbons (Fsp3) is 0.917. The van der Waals surface area contributed by atoms with Gasteiger partial charge in [-0.25, -0.2) is 4.79 Å². The van der Waals surface area contributed by atoms with E-state index >= 15 is 0 Å². The van der Waals surface area contributed by atoms with Crippen molar-refractivity contribution < 1.29 is 34.7 Å². The van der Waals surface area contributed by atoms with Gasteiger partial charge in [0.15, 0.2) is 12.4 Å². The molecule has 0 spiro atoms. The van der Waals surface area contributed by atoms with Crippen molar-refractivity contribution in [3.05, 3.63) is 4.91 Å². The summed E-state index contributed by atoms with van der Waals surface area (Å²) in [6.45, 7) is 3.98. The molecule has 22 heavy (non-hydrogen) atoms. The lowest BCUT2D eigenvalue weighted by Gasteiger charge is -2.39. The van der Waals surface area contributed by atoms with E-state index in [9.17, 15) is 25.0 Å². The number of nitroso groups, excluding NO2 is 1. The molecular weight excluding hydrogens is 300 g/mol. The van der Waals surface area contributed by atoms with E-state index < -0.39 is 42.8 Å². The SMILES string of the molecule is CCCN(CC(C)O[C@@H]1O[C@H](C(=O)O)[C@@H](O)[C@H](O)[C@H]1O)N=O. The average Bonchev–Trinajstić information content (AvgIpc) is 2.46. The number of carboxylic acid groups (broad SMARTS) is 1. The molecule has 0 aliphatic carbocycles. The molecular formula is C12H22N2O8. The van der Waals surface area contributed by atoms with E-state index in [0.29, 0.717) is 13.0 Å². The lowest BCUT2D eigenvalue weighted by molar-refractivity contribution is -0.303. The first-order valence-corrected chi connectivity index (χ1v) is 6.97. The van der Waals surface area contributed by atoms with Crippen molar-refractivity contribution in [2.45, 2.75) is 57.1 Å². The Labute approximate surface area is 127 Å². The van der Waals surface area contributed by atoms with E-state index in [-0.39, 0.29) is 6.54 Å². The third kappa shape index (κ3) is 4.58. The van der Waals surface area contributed by atoms with Crippen LogP contribution in [-0.2, 0) is 14.3 Å². The van der Waals surface area contributed by atoms with Crippen LogP contribution >= 0.6 is 0 Å². The highest BCUT2D eigenvalue weighted by atomic mass is 16.7. The Bertz CT molecular complexity index is 382. The van der Waals surface area contributed by atoms with Crippen molar-refractivity contribution in [2.24, 2.45) is 5.29 Å². The Morgan fingerprint density at radius 2 is 1.95 bits per heavy atom. The van der Waals surface area contributed by atoms with E-state index in [1.165, 1.54) is 5.01 Å². The van der Waals surface area contributed by atoms with E-state index in [1.807, 2.05) is 6.92 Å². The van der Waals surface area contributed by atoms with Gasteiger partial charge in [0.05, 0.1) is 17.9 Å². The summed E-state index contributed by atoms with van der Waals surface area (Å²) in [5.74, 6) is -1.48. The van der Waals surface area contributed by atoms with Crippen LogP contribution in [0.1, 0.15) is 20.3 Å². The lowest BCUT2D eigenvalue weighted by atomic mass is 9.99. The number of aliphatic carboxylic acids is 1. The van der Waals surface area contributed by atoms with Crippen molar-refractivity contribution in [1.29, 1.82) is 0 Å². The van der Waals surface area contributed by atoms with Crippen LogP contribution < -0.4 is 0 Å². The summed E-state index contributed by atoms with van der Waals surface area (Å²) in [5.41, 5.74) is 0. The van der Waals surface area contributed by atoms with Crippen molar-refractivity contribution in [3.63, 3.8) is 0 Å². The largest absolute Gasteiger partial charge is 0.479 e. The predicted octanol–water partition coefficient (Wildman–Crippen LogP) is -1.32. The minimum atomic E-state index is -1.77. The normalized spacial score (nSPS) is 33.2. The summed E-state index contributed by atoms with van der Waals surface area (Å²) < 4.78 is 10.3. The molecule has 1 unspecified atom stereocenters. The van der Waals surface area contributed by atoms with Crippen LogP contribution in [0.15, 0.2) is 5.29 Å². The zero-order valence-corrected chi connectivity index (χ0v) is 12.4. The molecule has 0 radical (unpaired) electrons. The second-order valence-electron chi connectivity index (χ2n) is 5.18. The van der Waals surface area contributed by atoms with Gasteiger partial charge < -0.3 is 29.9 Å². The third-order valence-electron chi connectivity index (χ3n) is 3.24. The molecule has 1 fully saturated rings.